The van der Waals surface area contributed by atoms with Crippen LogP contribution in [-0.4, -0.2) is 36.4 Å². The van der Waals surface area contributed by atoms with E-state index in [0.717, 1.165) is 32.1 Å². The van der Waals surface area contributed by atoms with Crippen molar-refractivity contribution < 1.29 is 24.2 Å². The number of aliphatic hydroxyl groups is 1. The normalized spacial score (nSPS) is 12.0. The van der Waals surface area contributed by atoms with Crippen LogP contribution >= 0.6 is 0 Å². The molecule has 256 valence electrons. The molecule has 0 saturated carbocycles. The first-order valence-corrected chi connectivity index (χ1v) is 19.1. The van der Waals surface area contributed by atoms with Crippen molar-refractivity contribution in [2.75, 3.05) is 13.2 Å². The van der Waals surface area contributed by atoms with Crippen molar-refractivity contribution in [3.8, 4) is 0 Å². The largest absolute Gasteiger partial charge is 0.462 e. The molecule has 0 aromatic heterocycles. The van der Waals surface area contributed by atoms with Crippen LogP contribution in [0, 0.1) is 0 Å². The van der Waals surface area contributed by atoms with Crippen LogP contribution in [0.2, 0.25) is 0 Å². The van der Waals surface area contributed by atoms with Crippen molar-refractivity contribution >= 4 is 11.9 Å². The molecule has 5 nitrogen and oxygen atoms in total. The Morgan fingerprint density at radius 3 is 1.02 bits per heavy atom. The average Bonchev–Trinajstić information content (AvgIpc) is 3.01. The van der Waals surface area contributed by atoms with Crippen LogP contribution in [0.1, 0.15) is 213 Å². The van der Waals surface area contributed by atoms with Crippen molar-refractivity contribution in [2.24, 2.45) is 0 Å². The summed E-state index contributed by atoms with van der Waals surface area (Å²) in [5.74, 6) is -0.579. The number of hydrogen-bond donors (Lipinski definition) is 1. The van der Waals surface area contributed by atoms with E-state index >= 15 is 0 Å². The summed E-state index contributed by atoms with van der Waals surface area (Å²) in [6.45, 7) is 4.14. The predicted molar refractivity (Wildman–Crippen MR) is 182 cm³/mol. The average molecular weight is 611 g/mol. The van der Waals surface area contributed by atoms with Gasteiger partial charge < -0.3 is 14.6 Å². The van der Waals surface area contributed by atoms with Crippen molar-refractivity contribution in [1.29, 1.82) is 0 Å². The SMILES string of the molecule is CCCCCCCCCCCCCCCCCCCCCC(=O)OC[C@H](CO)OC(=O)CCCCCCCCCCCC. The zero-order chi connectivity index (χ0) is 31.5. The monoisotopic (exact) mass is 611 g/mol. The molecule has 0 unspecified atom stereocenters. The number of hydrogen-bond acceptors (Lipinski definition) is 5. The topological polar surface area (TPSA) is 72.8 Å². The molecule has 0 saturated heterocycles. The number of rotatable bonds is 35. The molecular formula is C38H74O5. The molecule has 0 heterocycles. The highest BCUT2D eigenvalue weighted by atomic mass is 16.6. The molecule has 0 aromatic rings. The first-order chi connectivity index (χ1) is 21.1. The lowest BCUT2D eigenvalue weighted by Gasteiger charge is -2.15. The minimum atomic E-state index is -0.760. The molecule has 0 amide bonds. The molecule has 5 heteroatoms. The number of carbonyl (C=O) groups is 2. The zero-order valence-electron chi connectivity index (χ0n) is 29.0. The molecule has 43 heavy (non-hydrogen) atoms. The van der Waals surface area contributed by atoms with Gasteiger partial charge in [0.1, 0.15) is 6.61 Å². The van der Waals surface area contributed by atoms with Gasteiger partial charge in [0, 0.05) is 12.8 Å². The number of aliphatic hydroxyl groups excluding tert-OH is 1. The molecule has 1 atom stereocenters. The molecule has 0 spiro atoms. The summed E-state index contributed by atoms with van der Waals surface area (Å²) in [5.41, 5.74) is 0. The lowest BCUT2D eigenvalue weighted by molar-refractivity contribution is -0.161. The smallest absolute Gasteiger partial charge is 0.306 e. The van der Waals surface area contributed by atoms with Gasteiger partial charge in [0.05, 0.1) is 6.61 Å². The first-order valence-electron chi connectivity index (χ1n) is 19.1. The number of ether oxygens (including phenoxy) is 2. The van der Waals surface area contributed by atoms with Crippen molar-refractivity contribution in [3.63, 3.8) is 0 Å². The van der Waals surface area contributed by atoms with Gasteiger partial charge in [-0.05, 0) is 12.8 Å². The third-order valence-electron chi connectivity index (χ3n) is 8.65. The lowest BCUT2D eigenvalue weighted by Crippen LogP contribution is -2.28. The van der Waals surface area contributed by atoms with E-state index in [0.29, 0.717) is 12.8 Å². The van der Waals surface area contributed by atoms with Crippen LogP contribution in [0.3, 0.4) is 0 Å². The first kappa shape index (κ1) is 41.9. The maximum Gasteiger partial charge on any atom is 0.306 e. The molecule has 0 aliphatic carbocycles. The Labute approximate surface area is 268 Å². The van der Waals surface area contributed by atoms with E-state index in [-0.39, 0.29) is 25.2 Å². The quantitative estimate of drug-likeness (QED) is 0.0571. The second-order valence-electron chi connectivity index (χ2n) is 13.0. The van der Waals surface area contributed by atoms with Crippen LogP contribution in [0.5, 0.6) is 0 Å². The minimum absolute atomic E-state index is 0.0573. The zero-order valence-corrected chi connectivity index (χ0v) is 29.0. The van der Waals surface area contributed by atoms with Crippen molar-refractivity contribution in [2.45, 2.75) is 219 Å². The lowest BCUT2D eigenvalue weighted by atomic mass is 10.0. The van der Waals surface area contributed by atoms with Crippen molar-refractivity contribution in [1.82, 2.24) is 0 Å². The summed E-state index contributed by atoms with van der Waals surface area (Å²) < 4.78 is 10.6. The van der Waals surface area contributed by atoms with Crippen LogP contribution in [-0.2, 0) is 19.1 Å². The molecular weight excluding hydrogens is 536 g/mol. The standard InChI is InChI=1S/C38H74O5/c1-3-5-7-9-11-13-15-16-17-18-19-20-21-22-23-25-26-28-30-32-37(40)42-35-36(34-39)43-38(41)33-31-29-27-24-14-12-10-8-6-4-2/h36,39H,3-35H2,1-2H3/t36-/m0/s1. The number of esters is 2. The van der Waals surface area contributed by atoms with Gasteiger partial charge in [-0.15, -0.1) is 0 Å². The Balaban J connectivity index is 3.46. The number of unbranched alkanes of at least 4 members (excludes halogenated alkanes) is 27. The molecule has 0 fully saturated rings. The molecule has 0 radical (unpaired) electrons. The van der Waals surface area contributed by atoms with Crippen LogP contribution in [0.15, 0.2) is 0 Å². The summed E-state index contributed by atoms with van der Waals surface area (Å²) in [7, 11) is 0. The fourth-order valence-corrected chi connectivity index (χ4v) is 5.73. The highest BCUT2D eigenvalue weighted by molar-refractivity contribution is 5.70. The predicted octanol–water partition coefficient (Wildman–Crippen LogP) is 11.6. The van der Waals surface area contributed by atoms with E-state index in [1.54, 1.807) is 0 Å². The Morgan fingerprint density at radius 1 is 0.442 bits per heavy atom. The highest BCUT2D eigenvalue weighted by Crippen LogP contribution is 2.15. The molecule has 0 aliphatic heterocycles. The summed E-state index contributed by atoms with van der Waals surface area (Å²) in [4.78, 5) is 24.1. The van der Waals surface area contributed by atoms with Crippen molar-refractivity contribution in [3.05, 3.63) is 0 Å². The van der Waals surface area contributed by atoms with Gasteiger partial charge in [0.15, 0.2) is 6.10 Å². The molecule has 0 aromatic carbocycles. The minimum Gasteiger partial charge on any atom is -0.462 e. The van der Waals surface area contributed by atoms with Gasteiger partial charge in [-0.2, -0.15) is 0 Å². The van der Waals surface area contributed by atoms with E-state index in [4.69, 9.17) is 9.47 Å². The van der Waals surface area contributed by atoms with Gasteiger partial charge in [-0.1, -0.05) is 187 Å². The van der Waals surface area contributed by atoms with E-state index in [1.807, 2.05) is 0 Å². The Bertz CT molecular complexity index is 579. The fourth-order valence-electron chi connectivity index (χ4n) is 5.73. The Kier molecular flexibility index (Phi) is 34.5. The van der Waals surface area contributed by atoms with E-state index in [1.165, 1.54) is 154 Å². The maximum atomic E-state index is 12.1. The summed E-state index contributed by atoms with van der Waals surface area (Å²) in [5, 5.41) is 9.51. The molecule has 0 aliphatic rings. The van der Waals surface area contributed by atoms with Gasteiger partial charge in [-0.25, -0.2) is 0 Å². The third-order valence-corrected chi connectivity index (χ3v) is 8.65. The second-order valence-corrected chi connectivity index (χ2v) is 13.0. The van der Waals surface area contributed by atoms with Gasteiger partial charge in [0.2, 0.25) is 0 Å². The Morgan fingerprint density at radius 2 is 0.721 bits per heavy atom. The van der Waals surface area contributed by atoms with Gasteiger partial charge >= 0.3 is 11.9 Å². The fraction of sp³-hybridized carbons (Fsp3) is 0.947. The summed E-state index contributed by atoms with van der Waals surface area (Å²) in [6, 6.07) is 0. The Hall–Kier alpha value is -1.10. The van der Waals surface area contributed by atoms with E-state index in [9.17, 15) is 14.7 Å². The molecule has 0 rings (SSSR count). The van der Waals surface area contributed by atoms with Gasteiger partial charge in [-0.3, -0.25) is 9.59 Å². The van der Waals surface area contributed by atoms with Crippen LogP contribution in [0.4, 0.5) is 0 Å². The van der Waals surface area contributed by atoms with E-state index < -0.39 is 6.10 Å². The maximum absolute atomic E-state index is 12.1. The number of carbonyl (C=O) groups excluding carboxylic acids is 2. The van der Waals surface area contributed by atoms with Crippen LogP contribution in [0.25, 0.3) is 0 Å². The summed E-state index contributed by atoms with van der Waals surface area (Å²) >= 11 is 0. The third kappa shape index (κ3) is 33.6. The van der Waals surface area contributed by atoms with E-state index in [2.05, 4.69) is 13.8 Å². The van der Waals surface area contributed by atoms with Gasteiger partial charge in [0.25, 0.3) is 0 Å². The highest BCUT2D eigenvalue weighted by Gasteiger charge is 2.16. The molecule has 0 bridgehead atoms. The van der Waals surface area contributed by atoms with Crippen LogP contribution < -0.4 is 0 Å². The molecule has 1 N–H and O–H groups in total. The second kappa shape index (κ2) is 35.4. The summed E-state index contributed by atoms with van der Waals surface area (Å²) in [6.07, 6.45) is 37.4.